The van der Waals surface area contributed by atoms with Crippen LogP contribution in [0.2, 0.25) is 10.0 Å². The quantitative estimate of drug-likeness (QED) is 0.742. The molecule has 1 N–H and O–H groups in total. The highest BCUT2D eigenvalue weighted by Crippen LogP contribution is 2.39. The molecule has 0 amide bonds. The molecule has 2 aliphatic rings. The second-order valence-corrected chi connectivity index (χ2v) is 9.80. The standard InChI is InChI=1S/C17H19Cl2N3O3S/c18-13-5-4-12(14(19)8-13)9-17(6-1-7-17)22-26(23,24)10-15-20-16(25-21-15)11-2-3-11/h4-5,8,11,22H,1-3,6-7,9-10H2. The van der Waals surface area contributed by atoms with Crippen molar-refractivity contribution in [2.45, 2.75) is 55.7 Å². The topological polar surface area (TPSA) is 85.1 Å². The van der Waals surface area contributed by atoms with Crippen LogP contribution in [0, 0.1) is 0 Å². The van der Waals surface area contributed by atoms with E-state index in [1.807, 2.05) is 6.07 Å². The number of hydrogen-bond donors (Lipinski definition) is 1. The number of halogens is 2. The van der Waals surface area contributed by atoms with Gasteiger partial charge in [0.2, 0.25) is 15.9 Å². The molecule has 9 heteroatoms. The molecule has 0 bridgehead atoms. The van der Waals surface area contributed by atoms with Crippen LogP contribution in [0.15, 0.2) is 22.7 Å². The third-order valence-electron chi connectivity index (χ3n) is 4.96. The highest BCUT2D eigenvalue weighted by Gasteiger charge is 2.41. The molecule has 0 saturated heterocycles. The summed E-state index contributed by atoms with van der Waals surface area (Å²) in [6, 6.07) is 5.29. The number of hydrogen-bond acceptors (Lipinski definition) is 5. The Morgan fingerprint density at radius 2 is 2.04 bits per heavy atom. The van der Waals surface area contributed by atoms with Crippen molar-refractivity contribution in [1.29, 1.82) is 0 Å². The van der Waals surface area contributed by atoms with Gasteiger partial charge in [-0.25, -0.2) is 13.1 Å². The van der Waals surface area contributed by atoms with E-state index in [-0.39, 0.29) is 11.6 Å². The smallest absolute Gasteiger partial charge is 0.229 e. The van der Waals surface area contributed by atoms with Crippen molar-refractivity contribution < 1.29 is 12.9 Å². The zero-order valence-corrected chi connectivity index (χ0v) is 16.4. The summed E-state index contributed by atoms with van der Waals surface area (Å²) in [7, 11) is -3.59. The lowest BCUT2D eigenvalue weighted by Gasteiger charge is -2.42. The molecular weight excluding hydrogens is 397 g/mol. The molecule has 6 nitrogen and oxygen atoms in total. The van der Waals surface area contributed by atoms with Gasteiger partial charge in [0.25, 0.3) is 0 Å². The summed E-state index contributed by atoms with van der Waals surface area (Å²) in [4.78, 5) is 4.21. The molecule has 26 heavy (non-hydrogen) atoms. The van der Waals surface area contributed by atoms with Crippen LogP contribution in [0.25, 0.3) is 0 Å². The van der Waals surface area contributed by atoms with Crippen molar-refractivity contribution >= 4 is 33.2 Å². The van der Waals surface area contributed by atoms with Gasteiger partial charge in [-0.1, -0.05) is 34.4 Å². The summed E-state index contributed by atoms with van der Waals surface area (Å²) in [5.74, 6) is 0.774. The van der Waals surface area contributed by atoms with E-state index in [0.29, 0.717) is 28.3 Å². The first-order valence-electron chi connectivity index (χ1n) is 8.62. The minimum atomic E-state index is -3.59. The Hall–Kier alpha value is -1.15. The van der Waals surface area contributed by atoms with Gasteiger partial charge < -0.3 is 4.52 Å². The van der Waals surface area contributed by atoms with Crippen molar-refractivity contribution in [3.8, 4) is 0 Å². The first-order chi connectivity index (χ1) is 12.3. The van der Waals surface area contributed by atoms with Gasteiger partial charge in [-0.15, -0.1) is 0 Å². The van der Waals surface area contributed by atoms with Gasteiger partial charge in [-0.2, -0.15) is 4.98 Å². The van der Waals surface area contributed by atoms with Crippen LogP contribution in [-0.2, 0) is 22.2 Å². The number of nitrogens with zero attached hydrogens (tertiary/aromatic N) is 2. The maximum Gasteiger partial charge on any atom is 0.229 e. The molecule has 2 aliphatic carbocycles. The highest BCUT2D eigenvalue weighted by molar-refractivity contribution is 7.88. The Bertz CT molecular complexity index is 921. The van der Waals surface area contributed by atoms with E-state index in [4.69, 9.17) is 27.7 Å². The van der Waals surface area contributed by atoms with Gasteiger partial charge in [0, 0.05) is 21.5 Å². The molecule has 0 radical (unpaired) electrons. The Balaban J connectivity index is 1.47. The molecule has 2 fully saturated rings. The van der Waals surface area contributed by atoms with Crippen LogP contribution in [-0.4, -0.2) is 24.1 Å². The average Bonchev–Trinajstić information content (AvgIpc) is 3.28. The van der Waals surface area contributed by atoms with Crippen LogP contribution >= 0.6 is 23.2 Å². The van der Waals surface area contributed by atoms with Crippen LogP contribution in [0.4, 0.5) is 0 Å². The van der Waals surface area contributed by atoms with E-state index < -0.39 is 15.6 Å². The van der Waals surface area contributed by atoms with Gasteiger partial charge in [0.15, 0.2) is 5.82 Å². The van der Waals surface area contributed by atoms with E-state index in [0.717, 1.165) is 37.7 Å². The van der Waals surface area contributed by atoms with Crippen LogP contribution < -0.4 is 4.72 Å². The van der Waals surface area contributed by atoms with Gasteiger partial charge >= 0.3 is 0 Å². The van der Waals surface area contributed by atoms with Crippen molar-refractivity contribution in [1.82, 2.24) is 14.9 Å². The predicted octanol–water partition coefficient (Wildman–Crippen LogP) is 3.84. The van der Waals surface area contributed by atoms with E-state index in [1.165, 1.54) is 0 Å². The van der Waals surface area contributed by atoms with E-state index in [1.54, 1.807) is 12.1 Å². The highest BCUT2D eigenvalue weighted by atomic mass is 35.5. The molecule has 140 valence electrons. The van der Waals surface area contributed by atoms with Crippen LogP contribution in [0.5, 0.6) is 0 Å². The molecule has 1 aromatic carbocycles. The number of nitrogens with one attached hydrogen (secondary N) is 1. The van der Waals surface area contributed by atoms with Gasteiger partial charge in [-0.05, 0) is 56.2 Å². The molecule has 1 heterocycles. The molecule has 0 atom stereocenters. The fourth-order valence-corrected chi connectivity index (χ4v) is 5.25. The van der Waals surface area contributed by atoms with Crippen molar-refractivity contribution in [3.63, 3.8) is 0 Å². The molecule has 2 aromatic rings. The minimum Gasteiger partial charge on any atom is -0.339 e. The summed E-state index contributed by atoms with van der Waals surface area (Å²) < 4.78 is 33.3. The predicted molar refractivity (Wildman–Crippen MR) is 98.8 cm³/mol. The van der Waals surface area contributed by atoms with Crippen molar-refractivity contribution in [2.75, 3.05) is 0 Å². The van der Waals surface area contributed by atoms with Gasteiger partial charge in [0.1, 0.15) is 5.75 Å². The Morgan fingerprint density at radius 1 is 1.27 bits per heavy atom. The van der Waals surface area contributed by atoms with Crippen LogP contribution in [0.3, 0.4) is 0 Å². The summed E-state index contributed by atoms with van der Waals surface area (Å²) >= 11 is 12.2. The van der Waals surface area contributed by atoms with Gasteiger partial charge in [0.05, 0.1) is 0 Å². The number of benzene rings is 1. The molecule has 0 unspecified atom stereocenters. The maximum absolute atomic E-state index is 12.6. The molecule has 0 aliphatic heterocycles. The normalized spacial score (nSPS) is 19.3. The number of rotatable bonds is 7. The zero-order valence-electron chi connectivity index (χ0n) is 14.0. The van der Waals surface area contributed by atoms with Gasteiger partial charge in [-0.3, -0.25) is 0 Å². The Morgan fingerprint density at radius 3 is 2.65 bits per heavy atom. The largest absolute Gasteiger partial charge is 0.339 e. The first-order valence-corrected chi connectivity index (χ1v) is 11.0. The fourth-order valence-electron chi connectivity index (χ4n) is 3.31. The third kappa shape index (κ3) is 4.06. The molecule has 2 saturated carbocycles. The Kier molecular flexibility index (Phi) is 4.75. The molecule has 0 spiro atoms. The molecule has 4 rings (SSSR count). The first kappa shape index (κ1) is 18.2. The summed E-state index contributed by atoms with van der Waals surface area (Å²) in [5, 5.41) is 4.92. The SMILES string of the molecule is O=S(=O)(Cc1noc(C2CC2)n1)NC1(Cc2ccc(Cl)cc2Cl)CCC1. The van der Waals surface area contributed by atoms with Crippen molar-refractivity contribution in [3.05, 3.63) is 45.5 Å². The fraction of sp³-hybridized carbons (Fsp3) is 0.529. The summed E-state index contributed by atoms with van der Waals surface area (Å²) in [6.07, 6.45) is 5.09. The lowest BCUT2D eigenvalue weighted by Crippen LogP contribution is -2.55. The van der Waals surface area contributed by atoms with Crippen molar-refractivity contribution in [2.24, 2.45) is 0 Å². The van der Waals surface area contributed by atoms with E-state index in [2.05, 4.69) is 14.9 Å². The second-order valence-electron chi connectivity index (χ2n) is 7.23. The summed E-state index contributed by atoms with van der Waals surface area (Å²) in [5.41, 5.74) is 0.369. The molecular formula is C17H19Cl2N3O3S. The average molecular weight is 416 g/mol. The molecule has 1 aromatic heterocycles. The third-order valence-corrected chi connectivity index (χ3v) is 6.93. The maximum atomic E-state index is 12.6. The zero-order chi connectivity index (χ0) is 18.4. The second kappa shape index (κ2) is 6.78. The van der Waals surface area contributed by atoms with Crippen LogP contribution in [0.1, 0.15) is 55.3 Å². The van der Waals surface area contributed by atoms with E-state index in [9.17, 15) is 8.42 Å². The minimum absolute atomic E-state index is 0.207. The Labute approximate surface area is 162 Å². The van der Waals surface area contributed by atoms with E-state index >= 15 is 0 Å². The summed E-state index contributed by atoms with van der Waals surface area (Å²) in [6.45, 7) is 0. The lowest BCUT2D eigenvalue weighted by atomic mass is 9.74. The lowest BCUT2D eigenvalue weighted by molar-refractivity contribution is 0.220. The number of sulfonamides is 1. The number of aromatic nitrogens is 2. The monoisotopic (exact) mass is 415 g/mol.